The van der Waals surface area contributed by atoms with Gasteiger partial charge in [-0.05, 0) is 30.9 Å². The Morgan fingerprint density at radius 1 is 0.882 bits per heavy atom. The first-order chi connectivity index (χ1) is 8.38. The van der Waals surface area contributed by atoms with E-state index in [2.05, 4.69) is 38.1 Å². The standard InChI is InChI=1S/C16H26O/c1-3-5-7-8-11-15-12-9-10-13-16(15)17-14-6-4-2/h9-10,12-13H,3-8,11,14H2,1-2H3. The maximum absolute atomic E-state index is 5.83. The average molecular weight is 234 g/mol. The van der Waals surface area contributed by atoms with Gasteiger partial charge in [0.05, 0.1) is 6.61 Å². The zero-order valence-corrected chi connectivity index (χ0v) is 11.4. The molecule has 0 amide bonds. The molecule has 0 saturated heterocycles. The van der Waals surface area contributed by atoms with Crippen LogP contribution < -0.4 is 4.74 Å². The van der Waals surface area contributed by atoms with Crippen LogP contribution in [0.1, 0.15) is 57.9 Å². The van der Waals surface area contributed by atoms with Crippen molar-refractivity contribution in [2.75, 3.05) is 6.61 Å². The molecule has 0 aliphatic rings. The van der Waals surface area contributed by atoms with Crippen molar-refractivity contribution in [3.8, 4) is 5.75 Å². The van der Waals surface area contributed by atoms with Crippen LogP contribution in [-0.4, -0.2) is 6.61 Å². The lowest BCUT2D eigenvalue weighted by Gasteiger charge is -2.10. The van der Waals surface area contributed by atoms with Gasteiger partial charge < -0.3 is 4.74 Å². The van der Waals surface area contributed by atoms with E-state index in [0.717, 1.165) is 25.2 Å². The van der Waals surface area contributed by atoms with Crippen LogP contribution in [0, 0.1) is 0 Å². The van der Waals surface area contributed by atoms with Crippen molar-refractivity contribution in [3.05, 3.63) is 29.8 Å². The number of hydrogen-bond acceptors (Lipinski definition) is 1. The number of benzene rings is 1. The predicted molar refractivity (Wildman–Crippen MR) is 74.7 cm³/mol. The summed E-state index contributed by atoms with van der Waals surface area (Å²) in [6, 6.07) is 8.48. The van der Waals surface area contributed by atoms with Gasteiger partial charge in [-0.2, -0.15) is 0 Å². The number of para-hydroxylation sites is 1. The summed E-state index contributed by atoms with van der Waals surface area (Å²) in [5, 5.41) is 0. The van der Waals surface area contributed by atoms with Gasteiger partial charge in [-0.15, -0.1) is 0 Å². The Labute approximate surface area is 106 Å². The monoisotopic (exact) mass is 234 g/mol. The second kappa shape index (κ2) is 9.09. The summed E-state index contributed by atoms with van der Waals surface area (Å²) in [5.74, 6) is 1.09. The van der Waals surface area contributed by atoms with Crippen molar-refractivity contribution in [1.82, 2.24) is 0 Å². The first-order valence-corrected chi connectivity index (χ1v) is 7.09. The van der Waals surface area contributed by atoms with Crippen molar-refractivity contribution in [2.45, 2.75) is 58.8 Å². The maximum Gasteiger partial charge on any atom is 0.122 e. The molecule has 0 radical (unpaired) electrons. The minimum Gasteiger partial charge on any atom is -0.493 e. The number of aryl methyl sites for hydroxylation is 1. The van der Waals surface area contributed by atoms with E-state index in [9.17, 15) is 0 Å². The molecule has 0 spiro atoms. The third-order valence-corrected chi connectivity index (χ3v) is 3.03. The molecule has 96 valence electrons. The van der Waals surface area contributed by atoms with Crippen LogP contribution in [0.2, 0.25) is 0 Å². The summed E-state index contributed by atoms with van der Waals surface area (Å²) in [6.45, 7) is 5.30. The fourth-order valence-electron chi connectivity index (χ4n) is 1.92. The lowest BCUT2D eigenvalue weighted by Crippen LogP contribution is -1.99. The molecule has 1 rings (SSSR count). The molecule has 1 aromatic carbocycles. The zero-order valence-electron chi connectivity index (χ0n) is 11.4. The second-order valence-electron chi connectivity index (χ2n) is 4.62. The number of hydrogen-bond donors (Lipinski definition) is 0. The van der Waals surface area contributed by atoms with E-state index in [0.29, 0.717) is 0 Å². The van der Waals surface area contributed by atoms with Gasteiger partial charge >= 0.3 is 0 Å². The SMILES string of the molecule is CCCCCCc1ccccc1OCCCC. The van der Waals surface area contributed by atoms with E-state index in [1.165, 1.54) is 37.7 Å². The largest absolute Gasteiger partial charge is 0.493 e. The summed E-state index contributed by atoms with van der Waals surface area (Å²) in [6.07, 6.45) is 8.75. The Morgan fingerprint density at radius 2 is 1.65 bits per heavy atom. The maximum atomic E-state index is 5.83. The van der Waals surface area contributed by atoms with Gasteiger partial charge in [0.15, 0.2) is 0 Å². The fraction of sp³-hybridized carbons (Fsp3) is 0.625. The van der Waals surface area contributed by atoms with Crippen molar-refractivity contribution in [2.24, 2.45) is 0 Å². The molecule has 0 aliphatic carbocycles. The minimum atomic E-state index is 0.850. The first kappa shape index (κ1) is 14.1. The summed E-state index contributed by atoms with van der Waals surface area (Å²) in [5.41, 5.74) is 1.37. The van der Waals surface area contributed by atoms with E-state index in [4.69, 9.17) is 4.74 Å². The van der Waals surface area contributed by atoms with Crippen molar-refractivity contribution >= 4 is 0 Å². The molecular weight excluding hydrogens is 208 g/mol. The molecule has 17 heavy (non-hydrogen) atoms. The summed E-state index contributed by atoms with van der Waals surface area (Å²) < 4.78 is 5.83. The molecule has 0 aromatic heterocycles. The molecule has 0 unspecified atom stereocenters. The van der Waals surface area contributed by atoms with E-state index < -0.39 is 0 Å². The molecule has 0 fully saturated rings. The van der Waals surface area contributed by atoms with Crippen molar-refractivity contribution < 1.29 is 4.74 Å². The molecule has 1 nitrogen and oxygen atoms in total. The number of ether oxygens (including phenoxy) is 1. The highest BCUT2D eigenvalue weighted by molar-refractivity contribution is 5.33. The van der Waals surface area contributed by atoms with Gasteiger partial charge in [0.25, 0.3) is 0 Å². The second-order valence-corrected chi connectivity index (χ2v) is 4.62. The molecule has 0 N–H and O–H groups in total. The molecule has 0 saturated carbocycles. The highest BCUT2D eigenvalue weighted by Gasteiger charge is 2.02. The van der Waals surface area contributed by atoms with Gasteiger partial charge in [0.2, 0.25) is 0 Å². The normalized spacial score (nSPS) is 10.5. The molecule has 0 bridgehead atoms. The van der Waals surface area contributed by atoms with E-state index >= 15 is 0 Å². The third kappa shape index (κ3) is 5.76. The topological polar surface area (TPSA) is 9.23 Å². The lowest BCUT2D eigenvalue weighted by molar-refractivity contribution is 0.306. The Hall–Kier alpha value is -0.980. The molecular formula is C16H26O. The Kier molecular flexibility index (Phi) is 7.53. The van der Waals surface area contributed by atoms with Crippen molar-refractivity contribution in [3.63, 3.8) is 0 Å². The van der Waals surface area contributed by atoms with Gasteiger partial charge in [0, 0.05) is 0 Å². The van der Waals surface area contributed by atoms with Crippen LogP contribution in [0.3, 0.4) is 0 Å². The predicted octanol–water partition coefficient (Wildman–Crippen LogP) is 4.99. The fourth-order valence-corrected chi connectivity index (χ4v) is 1.92. The molecule has 1 heteroatoms. The highest BCUT2D eigenvalue weighted by atomic mass is 16.5. The summed E-state index contributed by atoms with van der Waals surface area (Å²) >= 11 is 0. The highest BCUT2D eigenvalue weighted by Crippen LogP contribution is 2.20. The average Bonchev–Trinajstić information content (AvgIpc) is 2.36. The third-order valence-electron chi connectivity index (χ3n) is 3.03. The van der Waals surface area contributed by atoms with Gasteiger partial charge in [-0.25, -0.2) is 0 Å². The molecule has 0 aliphatic heterocycles. The Balaban J connectivity index is 2.40. The van der Waals surface area contributed by atoms with Crippen LogP contribution >= 0.6 is 0 Å². The lowest BCUT2D eigenvalue weighted by atomic mass is 10.1. The Morgan fingerprint density at radius 3 is 2.41 bits per heavy atom. The van der Waals surface area contributed by atoms with Crippen molar-refractivity contribution in [1.29, 1.82) is 0 Å². The number of rotatable bonds is 9. The van der Waals surface area contributed by atoms with Crippen LogP contribution in [-0.2, 0) is 6.42 Å². The quantitative estimate of drug-likeness (QED) is 0.547. The van der Waals surface area contributed by atoms with Crippen LogP contribution in [0.25, 0.3) is 0 Å². The van der Waals surface area contributed by atoms with Crippen LogP contribution in [0.4, 0.5) is 0 Å². The summed E-state index contributed by atoms with van der Waals surface area (Å²) in [7, 11) is 0. The molecule has 0 heterocycles. The van der Waals surface area contributed by atoms with Gasteiger partial charge in [-0.3, -0.25) is 0 Å². The zero-order chi connectivity index (χ0) is 12.3. The van der Waals surface area contributed by atoms with E-state index in [-0.39, 0.29) is 0 Å². The van der Waals surface area contributed by atoms with E-state index in [1.54, 1.807) is 0 Å². The smallest absolute Gasteiger partial charge is 0.122 e. The van der Waals surface area contributed by atoms with Crippen LogP contribution in [0.15, 0.2) is 24.3 Å². The minimum absolute atomic E-state index is 0.850. The molecule has 0 atom stereocenters. The van der Waals surface area contributed by atoms with Gasteiger partial charge in [-0.1, -0.05) is 57.7 Å². The first-order valence-electron chi connectivity index (χ1n) is 7.09. The Bertz CT molecular complexity index is 293. The summed E-state index contributed by atoms with van der Waals surface area (Å²) in [4.78, 5) is 0. The number of unbranched alkanes of at least 4 members (excludes halogenated alkanes) is 4. The molecule has 1 aromatic rings. The van der Waals surface area contributed by atoms with Gasteiger partial charge in [0.1, 0.15) is 5.75 Å². The van der Waals surface area contributed by atoms with E-state index in [1.807, 2.05) is 0 Å². The van der Waals surface area contributed by atoms with Crippen LogP contribution in [0.5, 0.6) is 5.75 Å².